The van der Waals surface area contributed by atoms with Crippen LogP contribution in [0.5, 0.6) is 5.75 Å². The highest BCUT2D eigenvalue weighted by atomic mass is 35.5. The molecule has 2 heterocycles. The molecule has 7 nitrogen and oxygen atoms in total. The normalized spacial score (nSPS) is 22.4. The number of hydrogen-bond donors (Lipinski definition) is 3. The van der Waals surface area contributed by atoms with E-state index in [2.05, 4.69) is 11.8 Å². The minimum absolute atomic E-state index is 0.0618. The summed E-state index contributed by atoms with van der Waals surface area (Å²) in [6.45, 7) is 3.34. The Labute approximate surface area is 173 Å². The van der Waals surface area contributed by atoms with Crippen LogP contribution in [0.4, 0.5) is 0 Å². The highest BCUT2D eigenvalue weighted by molar-refractivity contribution is 6.36. The van der Waals surface area contributed by atoms with E-state index in [4.69, 9.17) is 17.3 Å². The molecule has 156 valence electrons. The van der Waals surface area contributed by atoms with Gasteiger partial charge in [-0.05, 0) is 38.2 Å². The molecular formula is C21H26ClN3O4. The van der Waals surface area contributed by atoms with Gasteiger partial charge in [-0.15, -0.1) is 0 Å². The lowest BCUT2D eigenvalue weighted by Gasteiger charge is -2.31. The maximum absolute atomic E-state index is 12.8. The van der Waals surface area contributed by atoms with Crippen LogP contribution in [0.3, 0.4) is 0 Å². The number of pyridine rings is 1. The number of carboxylic acids is 1. The summed E-state index contributed by atoms with van der Waals surface area (Å²) in [6, 6.07) is 1.81. The third-order valence-electron chi connectivity index (χ3n) is 6.28. The molecule has 1 aliphatic carbocycles. The van der Waals surface area contributed by atoms with Gasteiger partial charge in [-0.2, -0.15) is 0 Å². The predicted molar refractivity (Wildman–Crippen MR) is 112 cm³/mol. The van der Waals surface area contributed by atoms with Gasteiger partial charge in [0.15, 0.2) is 0 Å². The molecule has 0 spiro atoms. The predicted octanol–water partition coefficient (Wildman–Crippen LogP) is 3.27. The molecule has 1 saturated heterocycles. The topological polar surface area (TPSA) is 109 Å². The zero-order valence-corrected chi connectivity index (χ0v) is 17.2. The molecule has 2 aromatic rings. The molecule has 8 heteroatoms. The van der Waals surface area contributed by atoms with Crippen LogP contribution in [-0.2, 0) is 0 Å². The van der Waals surface area contributed by atoms with Gasteiger partial charge in [0.25, 0.3) is 0 Å². The number of nitrogens with zero attached hydrogens (tertiary/aromatic N) is 2. The first kappa shape index (κ1) is 20.2. The van der Waals surface area contributed by atoms with E-state index in [9.17, 15) is 19.8 Å². The van der Waals surface area contributed by atoms with Crippen molar-refractivity contribution >= 4 is 28.5 Å². The first-order valence-electron chi connectivity index (χ1n) is 10.2. The summed E-state index contributed by atoms with van der Waals surface area (Å²) < 4.78 is 1.81. The smallest absolute Gasteiger partial charge is 0.341 e. The molecular weight excluding hydrogens is 394 g/mol. The number of aromatic hydroxyl groups is 1. The summed E-state index contributed by atoms with van der Waals surface area (Å²) in [5.41, 5.74) is 6.04. The fourth-order valence-corrected chi connectivity index (χ4v) is 5.18. The maximum Gasteiger partial charge on any atom is 0.341 e. The second-order valence-electron chi connectivity index (χ2n) is 8.02. The fraction of sp³-hybridized carbons (Fsp3) is 0.524. The number of fused-ring (bicyclic) bond motifs is 1. The molecule has 2 fully saturated rings. The van der Waals surface area contributed by atoms with E-state index >= 15 is 0 Å². The van der Waals surface area contributed by atoms with Crippen molar-refractivity contribution < 1.29 is 15.0 Å². The number of aromatic carboxylic acids is 1. The Morgan fingerprint density at radius 2 is 2.03 bits per heavy atom. The van der Waals surface area contributed by atoms with E-state index in [1.165, 1.54) is 12.3 Å². The number of likely N-dealkylation sites (tertiary alicyclic amines) is 1. The maximum atomic E-state index is 12.8. The largest absolute Gasteiger partial charge is 0.508 e. The number of benzene rings is 1. The van der Waals surface area contributed by atoms with Gasteiger partial charge in [-0.25, -0.2) is 4.79 Å². The van der Waals surface area contributed by atoms with E-state index in [-0.39, 0.29) is 28.8 Å². The quantitative estimate of drug-likeness (QED) is 0.663. The van der Waals surface area contributed by atoms with Crippen molar-refractivity contribution in [3.8, 4) is 5.75 Å². The third-order valence-corrected chi connectivity index (χ3v) is 6.66. The highest BCUT2D eigenvalue weighted by Gasteiger charge is 2.37. The van der Waals surface area contributed by atoms with Crippen molar-refractivity contribution in [2.24, 2.45) is 5.73 Å². The molecule has 1 aliphatic heterocycles. The van der Waals surface area contributed by atoms with Crippen LogP contribution in [0.25, 0.3) is 10.9 Å². The van der Waals surface area contributed by atoms with E-state index in [0.29, 0.717) is 35.2 Å². The number of rotatable bonds is 6. The molecule has 1 saturated carbocycles. The molecule has 0 radical (unpaired) electrons. The lowest BCUT2D eigenvalue weighted by Crippen LogP contribution is -2.35. The van der Waals surface area contributed by atoms with Gasteiger partial charge in [-0.3, -0.25) is 9.69 Å². The van der Waals surface area contributed by atoms with Crippen LogP contribution >= 0.6 is 11.6 Å². The minimum Gasteiger partial charge on any atom is -0.508 e. The Morgan fingerprint density at radius 3 is 2.62 bits per heavy atom. The average Bonchev–Trinajstić information content (AvgIpc) is 3.45. The zero-order chi connectivity index (χ0) is 20.9. The number of phenols is 1. The van der Waals surface area contributed by atoms with Crippen LogP contribution in [0, 0.1) is 0 Å². The summed E-state index contributed by atoms with van der Waals surface area (Å²) in [6.07, 6.45) is 6.03. The number of aromatic nitrogens is 1. The molecule has 0 amide bonds. The van der Waals surface area contributed by atoms with Crippen molar-refractivity contribution in [1.29, 1.82) is 0 Å². The standard InChI is InChI=1S/C21H26ClN3O4/c1-2-11-5-6-15(24(11)8-7-23)17-16(26)9-13-19(18(17)22)25(12-3-4-12)10-14(20(13)27)21(28)29/h9-12,15,26H,2-8,23H2,1H3,(H,28,29). The summed E-state index contributed by atoms with van der Waals surface area (Å²) in [7, 11) is 0. The highest BCUT2D eigenvalue weighted by Crippen LogP contribution is 2.47. The summed E-state index contributed by atoms with van der Waals surface area (Å²) in [5, 5.41) is 20.8. The van der Waals surface area contributed by atoms with Gasteiger partial charge in [0, 0.05) is 43.0 Å². The molecule has 2 unspecified atom stereocenters. The minimum atomic E-state index is -1.28. The lowest BCUT2D eigenvalue weighted by molar-refractivity contribution is 0.0695. The van der Waals surface area contributed by atoms with Crippen LogP contribution in [0.2, 0.25) is 5.02 Å². The number of halogens is 1. The molecule has 2 aliphatic rings. The number of carbonyl (C=O) groups is 1. The van der Waals surface area contributed by atoms with E-state index in [0.717, 1.165) is 32.1 Å². The molecule has 29 heavy (non-hydrogen) atoms. The van der Waals surface area contributed by atoms with Gasteiger partial charge >= 0.3 is 5.97 Å². The van der Waals surface area contributed by atoms with Crippen LogP contribution in [-0.4, -0.2) is 44.8 Å². The molecule has 4 rings (SSSR count). The second kappa shape index (κ2) is 7.63. The van der Waals surface area contributed by atoms with E-state index < -0.39 is 11.4 Å². The lowest BCUT2D eigenvalue weighted by atomic mass is 9.99. The Bertz CT molecular complexity index is 1030. The van der Waals surface area contributed by atoms with Crippen LogP contribution in [0.15, 0.2) is 17.1 Å². The second-order valence-corrected chi connectivity index (χ2v) is 8.39. The Balaban J connectivity index is 1.96. The third kappa shape index (κ3) is 3.31. The van der Waals surface area contributed by atoms with E-state index in [1.807, 2.05) is 4.57 Å². The van der Waals surface area contributed by atoms with Crippen molar-refractivity contribution in [3.63, 3.8) is 0 Å². The molecule has 0 bridgehead atoms. The summed E-state index contributed by atoms with van der Waals surface area (Å²) in [5.74, 6) is -1.34. The van der Waals surface area contributed by atoms with Gasteiger partial charge in [0.05, 0.1) is 15.9 Å². The van der Waals surface area contributed by atoms with Crippen molar-refractivity contribution in [1.82, 2.24) is 9.47 Å². The number of hydrogen-bond acceptors (Lipinski definition) is 5. The number of carboxylic acid groups (broad SMARTS) is 1. The SMILES string of the molecule is CCC1CCC(c2c(O)cc3c(=O)c(C(=O)O)cn(C4CC4)c3c2Cl)N1CCN. The first-order chi connectivity index (χ1) is 13.9. The molecule has 4 N–H and O–H groups in total. The van der Waals surface area contributed by atoms with Gasteiger partial charge in [-0.1, -0.05) is 18.5 Å². The van der Waals surface area contributed by atoms with Crippen molar-refractivity contribution in [3.05, 3.63) is 38.6 Å². The van der Waals surface area contributed by atoms with Gasteiger partial charge in [0.2, 0.25) is 5.43 Å². The fourth-order valence-electron chi connectivity index (χ4n) is 4.76. The van der Waals surface area contributed by atoms with Gasteiger partial charge < -0.3 is 20.5 Å². The molecule has 1 aromatic carbocycles. The van der Waals surface area contributed by atoms with E-state index in [1.54, 1.807) is 0 Å². The number of nitrogens with two attached hydrogens (primary N) is 1. The zero-order valence-electron chi connectivity index (χ0n) is 16.4. The monoisotopic (exact) mass is 419 g/mol. The average molecular weight is 420 g/mol. The Morgan fingerprint density at radius 1 is 1.31 bits per heavy atom. The summed E-state index contributed by atoms with van der Waals surface area (Å²) >= 11 is 6.84. The Hall–Kier alpha value is -2.09. The summed E-state index contributed by atoms with van der Waals surface area (Å²) in [4.78, 5) is 26.6. The van der Waals surface area contributed by atoms with Crippen molar-refractivity contribution in [2.75, 3.05) is 13.1 Å². The number of phenolic OH excluding ortho intramolecular Hbond substituents is 1. The first-order valence-corrected chi connectivity index (χ1v) is 10.6. The van der Waals surface area contributed by atoms with Crippen LogP contribution < -0.4 is 11.2 Å². The van der Waals surface area contributed by atoms with Gasteiger partial charge in [0.1, 0.15) is 11.3 Å². The molecule has 1 aromatic heterocycles. The van der Waals surface area contributed by atoms with Crippen LogP contribution in [0.1, 0.15) is 67.0 Å². The Kier molecular flexibility index (Phi) is 5.31. The van der Waals surface area contributed by atoms with Crippen molar-refractivity contribution in [2.45, 2.75) is 57.2 Å². The molecule has 2 atom stereocenters.